The van der Waals surface area contributed by atoms with Crippen LogP contribution >= 0.6 is 0 Å². The Balaban J connectivity index is 3.35. The maximum atomic E-state index is 5.32. The first-order valence-corrected chi connectivity index (χ1v) is 2.78. The Morgan fingerprint density at radius 3 is 2.12 bits per heavy atom. The Morgan fingerprint density at radius 2 is 2.12 bits per heavy atom. The minimum absolute atomic E-state index is 0.162. The Morgan fingerprint density at radius 1 is 1.62 bits per heavy atom. The van der Waals surface area contributed by atoms with Gasteiger partial charge in [-0.1, -0.05) is 13.2 Å². The third kappa shape index (κ3) is 2.64. The largest absolute Gasteiger partial charge is 0.689 e. The highest BCUT2D eigenvalue weighted by Gasteiger charge is 2.05. The molecule has 0 atom stereocenters. The predicted octanol–water partition coefficient (Wildman–Crippen LogP) is -1.31. The average Bonchev–Trinajstić information content (AvgIpc) is 1.69. The molecule has 0 aliphatic carbocycles. The fourth-order valence-electron chi connectivity index (χ4n) is 0.537. The first-order valence-electron chi connectivity index (χ1n) is 2.78. The maximum absolute atomic E-state index is 5.32. The van der Waals surface area contributed by atoms with Crippen molar-refractivity contribution < 1.29 is 0 Å². The summed E-state index contributed by atoms with van der Waals surface area (Å²) in [5.41, 5.74) is 0. The zero-order valence-electron chi connectivity index (χ0n) is 5.17. The molecule has 0 amide bonds. The highest BCUT2D eigenvalue weighted by molar-refractivity contribution is 7.72. The summed E-state index contributed by atoms with van der Waals surface area (Å²) in [5, 5.41) is 0. The summed E-state index contributed by atoms with van der Waals surface area (Å²) in [6.45, 7) is 2.16. The standard InChI is InChI=1S/C2H5B6/c1-2-7(6-3)8(4)5/h2H2,1H3/q-1. The third-order valence-electron chi connectivity index (χ3n) is 1.21. The summed E-state index contributed by atoms with van der Waals surface area (Å²) >= 11 is 0. The van der Waals surface area contributed by atoms with E-state index in [1.165, 1.54) is 0 Å². The molecule has 0 heterocycles. The van der Waals surface area contributed by atoms with Crippen LogP contribution in [-0.4, -0.2) is 43.2 Å². The Bertz CT molecular complexity index is 48.5. The Labute approximate surface area is 57.1 Å². The third-order valence-corrected chi connectivity index (χ3v) is 1.21. The van der Waals surface area contributed by atoms with Gasteiger partial charge in [0.05, 0.1) is 0 Å². The molecule has 0 bridgehead atoms. The minimum Gasteiger partial charge on any atom is -0.689 e. The van der Waals surface area contributed by atoms with Crippen LogP contribution in [0.15, 0.2) is 0 Å². The number of hydrogen-bond acceptors (Lipinski definition) is 0. The summed E-state index contributed by atoms with van der Waals surface area (Å²) in [5.74, 6) is 0. The topological polar surface area (TPSA) is 0 Å². The predicted molar refractivity (Wildman–Crippen MR) is 45.0 cm³/mol. The van der Waals surface area contributed by atoms with Gasteiger partial charge in [-0.15, -0.1) is 0 Å². The summed E-state index contributed by atoms with van der Waals surface area (Å²) in [4.78, 5) is 0. The lowest BCUT2D eigenvalue weighted by atomic mass is 8.81. The second-order valence-electron chi connectivity index (χ2n) is 1.84. The molecule has 8 heavy (non-hydrogen) atoms. The summed E-state index contributed by atoms with van der Waals surface area (Å²) in [6.07, 6.45) is 0.610. The molecule has 0 aliphatic heterocycles. The lowest BCUT2D eigenvalue weighted by Gasteiger charge is -2.19. The van der Waals surface area contributed by atoms with Gasteiger partial charge in [-0.05, 0) is 0 Å². The quantitative estimate of drug-likeness (QED) is 0.381. The number of hydrogen-bond donors (Lipinski definition) is 0. The molecular formula is C2H5B6-. The van der Waals surface area contributed by atoms with Crippen molar-refractivity contribution >= 4 is 43.2 Å². The van der Waals surface area contributed by atoms with E-state index in [0.717, 1.165) is 6.32 Å². The summed E-state index contributed by atoms with van der Waals surface area (Å²) < 4.78 is 0. The maximum Gasteiger partial charge on any atom is 0.00624 e. The highest BCUT2D eigenvalue weighted by Crippen LogP contribution is 1.86. The molecule has 0 saturated carbocycles. The van der Waals surface area contributed by atoms with Gasteiger partial charge in [-0.3, -0.25) is 7.06 Å². The van der Waals surface area contributed by atoms with Crippen LogP contribution in [0.3, 0.4) is 0 Å². The van der Waals surface area contributed by atoms with E-state index < -0.39 is 0 Å². The van der Waals surface area contributed by atoms with Crippen molar-refractivity contribution in [2.24, 2.45) is 0 Å². The average molecular weight is 93.9 g/mol. The normalized spacial score (nSPS) is 8.25. The van der Waals surface area contributed by atoms with Crippen molar-refractivity contribution in [2.75, 3.05) is 0 Å². The van der Waals surface area contributed by atoms with E-state index in [4.69, 9.17) is 23.2 Å². The first kappa shape index (κ1) is 8.39. The highest BCUT2D eigenvalue weighted by atomic mass is 13.4. The van der Waals surface area contributed by atoms with Gasteiger partial charge in [0.25, 0.3) is 0 Å². The lowest BCUT2D eigenvalue weighted by Crippen LogP contribution is -2.42. The molecule has 8 radical (unpaired) electrons. The molecule has 0 fully saturated rings. The SMILES string of the molecule is [B]B([B])B([B][B-])CC. The fraction of sp³-hybridized carbons (Fsp3) is 1.00. The van der Waals surface area contributed by atoms with Gasteiger partial charge in [0.15, 0.2) is 0 Å². The molecule has 0 aromatic rings. The minimum atomic E-state index is -0.301. The molecule has 0 aromatic carbocycles. The molecular weight excluding hydrogens is 88.9 g/mol. The Hall–Kier alpha value is 0.390. The van der Waals surface area contributed by atoms with E-state index >= 15 is 0 Å². The first-order chi connectivity index (χ1) is 3.72. The van der Waals surface area contributed by atoms with Gasteiger partial charge in [0, 0.05) is 28.4 Å². The Kier molecular flexibility index (Phi) is 4.50. The van der Waals surface area contributed by atoms with E-state index in [1.54, 1.807) is 7.06 Å². The van der Waals surface area contributed by atoms with Gasteiger partial charge in [-0.25, -0.2) is 0 Å². The van der Waals surface area contributed by atoms with Gasteiger partial charge in [-0.2, -0.15) is 0 Å². The van der Waals surface area contributed by atoms with Gasteiger partial charge >= 0.3 is 0 Å². The van der Waals surface area contributed by atoms with Crippen LogP contribution in [0.4, 0.5) is 0 Å². The molecule has 0 N–H and O–H groups in total. The van der Waals surface area contributed by atoms with Gasteiger partial charge < -0.3 is 7.74 Å². The van der Waals surface area contributed by atoms with Gasteiger partial charge in [0.2, 0.25) is 0 Å². The van der Waals surface area contributed by atoms with Crippen LogP contribution in [-0.2, 0) is 0 Å². The molecule has 32 valence electrons. The van der Waals surface area contributed by atoms with Crippen molar-refractivity contribution in [3.8, 4) is 0 Å². The van der Waals surface area contributed by atoms with Crippen LogP contribution in [0.5, 0.6) is 0 Å². The van der Waals surface area contributed by atoms with Crippen LogP contribution in [0.25, 0.3) is 0 Å². The molecule has 0 saturated heterocycles. The summed E-state index contributed by atoms with van der Waals surface area (Å²) in [7, 11) is 17.4. The second kappa shape index (κ2) is 4.29. The van der Waals surface area contributed by atoms with E-state index in [1.807, 2.05) is 6.92 Å². The molecule has 0 spiro atoms. The molecule has 0 unspecified atom stereocenters. The number of rotatable bonds is 3. The van der Waals surface area contributed by atoms with Gasteiger partial charge in [0.1, 0.15) is 0 Å². The summed E-state index contributed by atoms with van der Waals surface area (Å²) in [6, 6.07) is 0. The zero-order valence-corrected chi connectivity index (χ0v) is 5.17. The lowest BCUT2D eigenvalue weighted by molar-refractivity contribution is 1.47. The van der Waals surface area contributed by atoms with Crippen LogP contribution < -0.4 is 0 Å². The van der Waals surface area contributed by atoms with E-state index in [0.29, 0.717) is 0 Å². The van der Waals surface area contributed by atoms with E-state index in [9.17, 15) is 0 Å². The van der Waals surface area contributed by atoms with E-state index in [2.05, 4.69) is 0 Å². The van der Waals surface area contributed by atoms with Crippen molar-refractivity contribution in [1.82, 2.24) is 0 Å². The molecule has 0 aliphatic rings. The second-order valence-corrected chi connectivity index (χ2v) is 1.84. The van der Waals surface area contributed by atoms with Crippen molar-refractivity contribution in [3.63, 3.8) is 0 Å². The van der Waals surface area contributed by atoms with Crippen LogP contribution in [0.2, 0.25) is 6.32 Å². The van der Waals surface area contributed by atoms with Crippen LogP contribution in [0.1, 0.15) is 6.92 Å². The van der Waals surface area contributed by atoms with E-state index in [-0.39, 0.29) is 12.9 Å². The molecule has 6 heteroatoms. The fourth-order valence-corrected chi connectivity index (χ4v) is 0.537. The smallest absolute Gasteiger partial charge is 0.00624 e. The molecule has 0 aromatic heterocycles. The van der Waals surface area contributed by atoms with Crippen molar-refractivity contribution in [2.45, 2.75) is 13.2 Å². The van der Waals surface area contributed by atoms with Crippen molar-refractivity contribution in [3.05, 3.63) is 0 Å². The van der Waals surface area contributed by atoms with Crippen molar-refractivity contribution in [1.29, 1.82) is 0 Å². The monoisotopic (exact) mass is 95.1 g/mol. The molecule has 0 nitrogen and oxygen atoms in total. The molecule has 0 rings (SSSR count). The zero-order chi connectivity index (χ0) is 6.57. The van der Waals surface area contributed by atoms with Crippen LogP contribution in [0, 0.1) is 0 Å².